The first-order valence-corrected chi connectivity index (χ1v) is 13.3. The Balaban J connectivity index is 0.000000309. The second kappa shape index (κ2) is 9.99. The zero-order chi connectivity index (χ0) is 12.1. The van der Waals surface area contributed by atoms with Crippen LogP contribution in [0.1, 0.15) is 6.42 Å². The molecule has 1 atom stereocenters. The number of hydrogen-bond donors (Lipinski definition) is 0. The summed E-state index contributed by atoms with van der Waals surface area (Å²) in [4.78, 5) is 0. The summed E-state index contributed by atoms with van der Waals surface area (Å²) in [5, 5.41) is 0. The zero-order valence-corrected chi connectivity index (χ0v) is 16.0. The van der Waals surface area contributed by atoms with Gasteiger partial charge in [-0.3, -0.25) is 0 Å². The minimum absolute atomic E-state index is 0. The van der Waals surface area contributed by atoms with E-state index in [1.165, 1.54) is 6.42 Å². The maximum Gasteiger partial charge on any atom is -1.00 e. The van der Waals surface area contributed by atoms with Crippen molar-refractivity contribution in [2.45, 2.75) is 19.5 Å². The molecule has 19 heavy (non-hydrogen) atoms. The Bertz CT molecular complexity index is 425. The van der Waals surface area contributed by atoms with Gasteiger partial charge in [0.1, 0.15) is 5.76 Å². The molecule has 0 aromatic heterocycles. The fraction of sp³-hybridized carbons (Fsp3) is 0.286. The van der Waals surface area contributed by atoms with Crippen molar-refractivity contribution in [2.75, 3.05) is 0 Å². The van der Waals surface area contributed by atoms with Gasteiger partial charge in [-0.15, -0.1) is 0 Å². The monoisotopic (exact) mass is 389 g/mol. The van der Waals surface area contributed by atoms with Crippen LogP contribution < -0.4 is 24.8 Å². The maximum absolute atomic E-state index is 5.09. The Morgan fingerprint density at radius 3 is 2.53 bits per heavy atom. The molecule has 2 aliphatic carbocycles. The van der Waals surface area contributed by atoms with Crippen molar-refractivity contribution in [3.05, 3.63) is 57.8 Å². The molecule has 0 N–H and O–H groups in total. The SMILES string of the molecule is C1=CC2C=COC2=C1.C[Si](C)[Zr+2][C]1=CC=CC1.[Cl-].[Cl-]. The molecule has 0 bridgehead atoms. The van der Waals surface area contributed by atoms with Crippen molar-refractivity contribution >= 4 is 5.92 Å². The molecular weight excluding hydrogens is 374 g/mol. The molecule has 0 amide bonds. The standard InChI is InChI=1S/C7H6O.C5H5.C2H6Si.2ClH.Zr/c1-2-6-4-5-8-7(6)3-1;1-2-4-5-3-1;1-3-2;;;/h1-6H;1-3H,4H2;1-2H3;2*1H;/q;;;;;+2/p-2. The normalized spacial score (nSPS) is 20.3. The molecule has 5 heteroatoms. The fourth-order valence-corrected chi connectivity index (χ4v) is 9.27. The third-order valence-corrected chi connectivity index (χ3v) is 10.4. The molecule has 3 aliphatic rings. The quantitative estimate of drug-likeness (QED) is 0.485. The molecule has 1 heterocycles. The number of hydrogen-bond acceptors (Lipinski definition) is 1. The first-order chi connectivity index (χ1) is 8.25. The summed E-state index contributed by atoms with van der Waals surface area (Å²) in [5.74, 6) is 1.66. The number of ether oxygens (including phenoxy) is 1. The molecule has 0 fully saturated rings. The average Bonchev–Trinajstić information content (AvgIpc) is 2.91. The van der Waals surface area contributed by atoms with Crippen LogP contribution in [-0.4, -0.2) is 5.92 Å². The molecule has 0 spiro atoms. The smallest absolute Gasteiger partial charge is 1.00 e. The summed E-state index contributed by atoms with van der Waals surface area (Å²) in [6.07, 6.45) is 18.0. The Hall–Kier alpha value is 0.180. The van der Waals surface area contributed by atoms with Crippen LogP contribution >= 0.6 is 0 Å². The molecule has 0 aromatic carbocycles. The second-order valence-corrected chi connectivity index (χ2v) is 17.4. The van der Waals surface area contributed by atoms with Gasteiger partial charge in [0.05, 0.1) is 12.2 Å². The van der Waals surface area contributed by atoms with Gasteiger partial charge < -0.3 is 29.6 Å². The largest absolute Gasteiger partial charge is 1.00 e. The fourth-order valence-electron chi connectivity index (χ4n) is 1.82. The molecule has 1 radical (unpaired) electrons. The number of rotatable bonds is 2. The summed E-state index contributed by atoms with van der Waals surface area (Å²) in [6.45, 7) is 4.88. The van der Waals surface area contributed by atoms with Gasteiger partial charge in [-0.05, 0) is 12.2 Å². The van der Waals surface area contributed by atoms with Gasteiger partial charge in [-0.2, -0.15) is 0 Å². The Labute approximate surface area is 140 Å². The van der Waals surface area contributed by atoms with Gasteiger partial charge in [0.15, 0.2) is 0 Å². The molecular formula is C14H17Cl2OSiZr. The summed E-state index contributed by atoms with van der Waals surface area (Å²) in [7, 11) is 0. The van der Waals surface area contributed by atoms with Gasteiger partial charge in [0.2, 0.25) is 0 Å². The van der Waals surface area contributed by atoms with Crippen LogP contribution in [0.25, 0.3) is 0 Å². The Morgan fingerprint density at radius 1 is 1.16 bits per heavy atom. The van der Waals surface area contributed by atoms with Crippen molar-refractivity contribution in [3.63, 3.8) is 0 Å². The van der Waals surface area contributed by atoms with E-state index in [0.717, 1.165) is 5.76 Å². The molecule has 3 rings (SSSR count). The molecule has 1 nitrogen and oxygen atoms in total. The van der Waals surface area contributed by atoms with Crippen LogP contribution in [0.4, 0.5) is 0 Å². The summed E-state index contributed by atoms with van der Waals surface area (Å²) in [6, 6.07) is 0. The molecule has 0 saturated carbocycles. The van der Waals surface area contributed by atoms with Crippen LogP contribution in [-0.2, 0) is 27.1 Å². The van der Waals surface area contributed by atoms with E-state index >= 15 is 0 Å². The number of fused-ring (bicyclic) bond motifs is 1. The minimum Gasteiger partial charge on any atom is -1.00 e. The third kappa shape index (κ3) is 6.44. The van der Waals surface area contributed by atoms with Crippen molar-refractivity contribution in [1.82, 2.24) is 0 Å². The van der Waals surface area contributed by atoms with E-state index in [0.29, 0.717) is 5.92 Å². The van der Waals surface area contributed by atoms with Gasteiger partial charge >= 0.3 is 69.3 Å². The Morgan fingerprint density at radius 2 is 1.95 bits per heavy atom. The average molecular weight is 392 g/mol. The summed E-state index contributed by atoms with van der Waals surface area (Å²) >= 11 is -0.0345. The number of halogens is 2. The first-order valence-electron chi connectivity index (χ1n) is 5.90. The van der Waals surface area contributed by atoms with E-state index in [2.05, 4.69) is 37.4 Å². The predicted molar refractivity (Wildman–Crippen MR) is 70.3 cm³/mol. The van der Waals surface area contributed by atoms with Crippen LogP contribution in [0.2, 0.25) is 13.1 Å². The third-order valence-electron chi connectivity index (χ3n) is 2.58. The topological polar surface area (TPSA) is 9.23 Å². The van der Waals surface area contributed by atoms with Crippen molar-refractivity contribution in [1.29, 1.82) is 0 Å². The van der Waals surface area contributed by atoms with Gasteiger partial charge in [0.25, 0.3) is 0 Å². The van der Waals surface area contributed by atoms with Crippen LogP contribution in [0.3, 0.4) is 0 Å². The second-order valence-electron chi connectivity index (χ2n) is 4.38. The minimum atomic E-state index is -0.0345. The van der Waals surface area contributed by atoms with E-state index in [-0.39, 0.29) is 53.1 Å². The van der Waals surface area contributed by atoms with E-state index in [1.807, 2.05) is 18.2 Å². The van der Waals surface area contributed by atoms with E-state index in [9.17, 15) is 0 Å². The summed E-state index contributed by atoms with van der Waals surface area (Å²) in [5.41, 5.74) is 0. The van der Waals surface area contributed by atoms with Crippen LogP contribution in [0.5, 0.6) is 0 Å². The van der Waals surface area contributed by atoms with Crippen LogP contribution in [0.15, 0.2) is 57.8 Å². The van der Waals surface area contributed by atoms with E-state index < -0.39 is 0 Å². The van der Waals surface area contributed by atoms with Crippen molar-refractivity contribution in [3.8, 4) is 0 Å². The van der Waals surface area contributed by atoms with Crippen molar-refractivity contribution in [2.24, 2.45) is 5.92 Å². The zero-order valence-electron chi connectivity index (χ0n) is 11.1. The van der Waals surface area contributed by atoms with Gasteiger partial charge in [0, 0.05) is 0 Å². The maximum atomic E-state index is 5.09. The van der Waals surface area contributed by atoms with E-state index in [4.69, 9.17) is 4.74 Å². The van der Waals surface area contributed by atoms with Gasteiger partial charge in [-0.25, -0.2) is 0 Å². The Kier molecular flexibility index (Phi) is 10.1. The van der Waals surface area contributed by atoms with Crippen molar-refractivity contribution < 1.29 is 51.9 Å². The van der Waals surface area contributed by atoms with E-state index in [1.54, 1.807) is 9.54 Å². The first kappa shape index (κ1) is 19.2. The van der Waals surface area contributed by atoms with Crippen LogP contribution in [0, 0.1) is 5.92 Å². The molecule has 0 saturated heterocycles. The predicted octanol–water partition coefficient (Wildman–Crippen LogP) is -2.23. The molecule has 1 unspecified atom stereocenters. The molecule has 0 aromatic rings. The van der Waals surface area contributed by atoms with Gasteiger partial charge in [-0.1, -0.05) is 12.2 Å². The molecule has 101 valence electrons. The summed E-state index contributed by atoms with van der Waals surface area (Å²) < 4.78 is 6.90. The number of allylic oxidation sites excluding steroid dienone is 7. The molecule has 1 aliphatic heterocycles.